The summed E-state index contributed by atoms with van der Waals surface area (Å²) < 4.78 is 1.79. The van der Waals surface area contributed by atoms with Crippen molar-refractivity contribution in [3.8, 4) is 11.4 Å². The van der Waals surface area contributed by atoms with Crippen LogP contribution in [0, 0.1) is 0 Å². The number of amides is 1. The second-order valence-corrected chi connectivity index (χ2v) is 3.34. The highest BCUT2D eigenvalue weighted by Crippen LogP contribution is 2.16. The van der Waals surface area contributed by atoms with Crippen LogP contribution in [0.4, 0.5) is 0 Å². The number of hydrogen-bond donors (Lipinski definition) is 1. The van der Waals surface area contributed by atoms with Gasteiger partial charge in [0.2, 0.25) is 5.91 Å². The quantitative estimate of drug-likeness (QED) is 0.833. The molecule has 0 bridgehead atoms. The Bertz CT molecular complexity index is 501. The van der Waals surface area contributed by atoms with Gasteiger partial charge in [-0.25, -0.2) is 9.67 Å². The average Bonchev–Trinajstić information content (AvgIpc) is 2.77. The molecule has 5 nitrogen and oxygen atoms in total. The van der Waals surface area contributed by atoms with Gasteiger partial charge in [-0.2, -0.15) is 5.10 Å². The maximum absolute atomic E-state index is 10.9. The SMILES string of the molecule is CCn1ncnc1-c1ccc(C(N)=O)cc1. The van der Waals surface area contributed by atoms with Crippen LogP contribution in [-0.4, -0.2) is 20.7 Å². The third kappa shape index (κ3) is 1.79. The monoisotopic (exact) mass is 216 g/mol. The molecular formula is C11H12N4O. The predicted molar refractivity (Wildman–Crippen MR) is 59.6 cm³/mol. The Morgan fingerprint density at radius 1 is 1.38 bits per heavy atom. The van der Waals surface area contributed by atoms with E-state index in [1.165, 1.54) is 6.33 Å². The Morgan fingerprint density at radius 2 is 2.06 bits per heavy atom. The van der Waals surface area contributed by atoms with Crippen LogP contribution in [0.2, 0.25) is 0 Å². The van der Waals surface area contributed by atoms with Gasteiger partial charge in [0.05, 0.1) is 0 Å². The minimum atomic E-state index is -0.427. The number of hydrogen-bond acceptors (Lipinski definition) is 3. The minimum Gasteiger partial charge on any atom is -0.366 e. The smallest absolute Gasteiger partial charge is 0.248 e. The van der Waals surface area contributed by atoms with Gasteiger partial charge in [-0.15, -0.1) is 0 Å². The maximum atomic E-state index is 10.9. The van der Waals surface area contributed by atoms with Crippen molar-refractivity contribution in [1.29, 1.82) is 0 Å². The zero-order chi connectivity index (χ0) is 11.5. The fourth-order valence-electron chi connectivity index (χ4n) is 1.50. The summed E-state index contributed by atoms with van der Waals surface area (Å²) in [5.74, 6) is 0.363. The molecule has 1 heterocycles. The average molecular weight is 216 g/mol. The lowest BCUT2D eigenvalue weighted by Gasteiger charge is -2.03. The molecule has 0 aliphatic rings. The van der Waals surface area contributed by atoms with Crippen molar-refractivity contribution >= 4 is 5.91 Å². The van der Waals surface area contributed by atoms with Crippen LogP contribution in [0.15, 0.2) is 30.6 Å². The molecule has 0 aliphatic heterocycles. The summed E-state index contributed by atoms with van der Waals surface area (Å²) in [4.78, 5) is 15.1. The summed E-state index contributed by atoms with van der Waals surface area (Å²) in [5.41, 5.74) is 6.58. The molecular weight excluding hydrogens is 204 g/mol. The van der Waals surface area contributed by atoms with Crippen molar-refractivity contribution in [2.45, 2.75) is 13.5 Å². The minimum absolute atomic E-state index is 0.427. The second kappa shape index (κ2) is 4.14. The van der Waals surface area contributed by atoms with E-state index < -0.39 is 5.91 Å². The van der Waals surface area contributed by atoms with Gasteiger partial charge < -0.3 is 5.73 Å². The molecule has 0 atom stereocenters. The molecule has 0 unspecified atom stereocenters. The summed E-state index contributed by atoms with van der Waals surface area (Å²) in [6.07, 6.45) is 1.51. The lowest BCUT2D eigenvalue weighted by atomic mass is 10.1. The number of benzene rings is 1. The van der Waals surface area contributed by atoms with E-state index in [-0.39, 0.29) is 0 Å². The highest BCUT2D eigenvalue weighted by molar-refractivity contribution is 5.93. The topological polar surface area (TPSA) is 73.8 Å². The largest absolute Gasteiger partial charge is 0.366 e. The van der Waals surface area contributed by atoms with Gasteiger partial charge in [-0.05, 0) is 19.1 Å². The van der Waals surface area contributed by atoms with Crippen LogP contribution < -0.4 is 5.73 Å². The van der Waals surface area contributed by atoms with E-state index in [0.29, 0.717) is 5.56 Å². The van der Waals surface area contributed by atoms with E-state index in [0.717, 1.165) is 17.9 Å². The summed E-state index contributed by atoms with van der Waals surface area (Å²) >= 11 is 0. The molecule has 1 amide bonds. The van der Waals surface area contributed by atoms with Gasteiger partial charge in [0.15, 0.2) is 5.82 Å². The fourth-order valence-corrected chi connectivity index (χ4v) is 1.50. The second-order valence-electron chi connectivity index (χ2n) is 3.34. The first-order chi connectivity index (χ1) is 7.72. The Labute approximate surface area is 92.9 Å². The van der Waals surface area contributed by atoms with Crippen molar-refractivity contribution in [3.63, 3.8) is 0 Å². The van der Waals surface area contributed by atoms with Crippen molar-refractivity contribution in [2.24, 2.45) is 5.73 Å². The molecule has 0 spiro atoms. The van der Waals surface area contributed by atoms with E-state index in [4.69, 9.17) is 5.73 Å². The third-order valence-corrected chi connectivity index (χ3v) is 2.34. The van der Waals surface area contributed by atoms with Crippen molar-refractivity contribution in [1.82, 2.24) is 14.8 Å². The molecule has 2 rings (SSSR count). The summed E-state index contributed by atoms with van der Waals surface area (Å²) in [6.45, 7) is 2.75. The van der Waals surface area contributed by atoms with E-state index in [2.05, 4.69) is 10.1 Å². The molecule has 2 N–H and O–H groups in total. The lowest BCUT2D eigenvalue weighted by molar-refractivity contribution is 0.100. The molecule has 82 valence electrons. The third-order valence-electron chi connectivity index (χ3n) is 2.34. The first-order valence-electron chi connectivity index (χ1n) is 5.00. The molecule has 0 radical (unpaired) electrons. The zero-order valence-corrected chi connectivity index (χ0v) is 8.92. The molecule has 16 heavy (non-hydrogen) atoms. The number of aromatic nitrogens is 3. The van der Waals surface area contributed by atoms with E-state index in [1.54, 1.807) is 16.8 Å². The van der Waals surface area contributed by atoms with Gasteiger partial charge in [-0.1, -0.05) is 12.1 Å². The number of nitrogens with two attached hydrogens (primary N) is 1. The Kier molecular flexibility index (Phi) is 2.68. The van der Waals surface area contributed by atoms with Crippen molar-refractivity contribution in [2.75, 3.05) is 0 Å². The zero-order valence-electron chi connectivity index (χ0n) is 8.92. The van der Waals surface area contributed by atoms with E-state index >= 15 is 0 Å². The molecule has 0 saturated carbocycles. The number of carbonyl (C=O) groups excluding carboxylic acids is 1. The molecule has 0 fully saturated rings. The Hall–Kier alpha value is -2.17. The number of rotatable bonds is 3. The van der Waals surface area contributed by atoms with Crippen LogP contribution in [0.3, 0.4) is 0 Å². The highest BCUT2D eigenvalue weighted by Gasteiger charge is 2.06. The summed E-state index contributed by atoms with van der Waals surface area (Å²) in [6, 6.07) is 7.01. The Morgan fingerprint density at radius 3 is 2.62 bits per heavy atom. The van der Waals surface area contributed by atoms with E-state index in [9.17, 15) is 4.79 Å². The number of primary amides is 1. The van der Waals surface area contributed by atoms with Crippen molar-refractivity contribution < 1.29 is 4.79 Å². The molecule has 1 aromatic heterocycles. The molecule has 5 heteroatoms. The lowest BCUT2D eigenvalue weighted by Crippen LogP contribution is -2.10. The van der Waals surface area contributed by atoms with Gasteiger partial charge >= 0.3 is 0 Å². The van der Waals surface area contributed by atoms with Crippen LogP contribution in [0.1, 0.15) is 17.3 Å². The van der Waals surface area contributed by atoms with Crippen molar-refractivity contribution in [3.05, 3.63) is 36.2 Å². The number of nitrogens with zero attached hydrogens (tertiary/aromatic N) is 3. The normalized spacial score (nSPS) is 10.3. The predicted octanol–water partition coefficient (Wildman–Crippen LogP) is 1.06. The summed E-state index contributed by atoms with van der Waals surface area (Å²) in [7, 11) is 0. The van der Waals surface area contributed by atoms with Gasteiger partial charge in [-0.3, -0.25) is 4.79 Å². The molecule has 2 aromatic rings. The van der Waals surface area contributed by atoms with Crippen LogP contribution in [-0.2, 0) is 6.54 Å². The molecule has 0 saturated heterocycles. The Balaban J connectivity index is 2.38. The first-order valence-corrected chi connectivity index (χ1v) is 5.00. The van der Waals surface area contributed by atoms with Gasteiger partial charge in [0.25, 0.3) is 0 Å². The van der Waals surface area contributed by atoms with Crippen LogP contribution in [0.5, 0.6) is 0 Å². The summed E-state index contributed by atoms with van der Waals surface area (Å²) in [5, 5.41) is 4.08. The van der Waals surface area contributed by atoms with E-state index in [1.807, 2.05) is 19.1 Å². The molecule has 0 aliphatic carbocycles. The fraction of sp³-hybridized carbons (Fsp3) is 0.182. The molecule has 1 aromatic carbocycles. The van der Waals surface area contributed by atoms with Gasteiger partial charge in [0.1, 0.15) is 6.33 Å². The maximum Gasteiger partial charge on any atom is 0.248 e. The van der Waals surface area contributed by atoms with Crippen LogP contribution >= 0.6 is 0 Å². The first kappa shape index (κ1) is 10.4. The number of carbonyl (C=O) groups is 1. The van der Waals surface area contributed by atoms with Gasteiger partial charge in [0, 0.05) is 17.7 Å². The highest BCUT2D eigenvalue weighted by atomic mass is 16.1. The van der Waals surface area contributed by atoms with Crippen LogP contribution in [0.25, 0.3) is 11.4 Å². The standard InChI is InChI=1S/C11H12N4O/c1-2-15-11(13-7-14-15)9-5-3-8(4-6-9)10(12)16/h3-7H,2H2,1H3,(H2,12,16). The number of aryl methyl sites for hydroxylation is 1.